The Hall–Kier alpha value is -1.44. The van der Waals surface area contributed by atoms with Crippen LogP contribution in [0.3, 0.4) is 0 Å². The Morgan fingerprint density at radius 1 is 1.38 bits per heavy atom. The largest absolute Gasteiger partial charge is 0.481 e. The number of thiazole rings is 1. The lowest BCUT2D eigenvalue weighted by atomic mass is 10.2. The van der Waals surface area contributed by atoms with Crippen LogP contribution in [0, 0.1) is 5.92 Å². The zero-order valence-corrected chi connectivity index (χ0v) is 15.9. The smallest absolute Gasteiger partial charge is 0.305 e. The monoisotopic (exact) mass is 386 g/mol. The fourth-order valence-corrected chi connectivity index (χ4v) is 4.12. The molecule has 0 spiro atoms. The van der Waals surface area contributed by atoms with E-state index in [1.54, 1.807) is 4.90 Å². The predicted octanol–water partition coefficient (Wildman–Crippen LogP) is 4.03. The lowest BCUT2D eigenvalue weighted by molar-refractivity contribution is -0.138. The van der Waals surface area contributed by atoms with Gasteiger partial charge in [0.2, 0.25) is 5.91 Å². The fraction of sp³-hybridized carbons (Fsp3) is 0.438. The normalized spacial score (nSPS) is 11.0. The lowest BCUT2D eigenvalue weighted by Crippen LogP contribution is -2.37. The van der Waals surface area contributed by atoms with E-state index in [1.807, 2.05) is 31.4 Å². The molecule has 0 aliphatic heterocycles. The number of hydrogen-bond donors (Lipinski definition) is 1. The number of carboxylic acids is 1. The quantitative estimate of drug-likeness (QED) is 0.743. The summed E-state index contributed by atoms with van der Waals surface area (Å²) in [6.07, 6.45) is 0.135. The van der Waals surface area contributed by atoms with Crippen LogP contribution in [0.4, 0.5) is 0 Å². The highest BCUT2D eigenvalue weighted by Gasteiger charge is 2.18. The summed E-state index contributed by atoms with van der Waals surface area (Å²) >= 11 is 8.87. The second kappa shape index (κ2) is 8.60. The van der Waals surface area contributed by atoms with Crippen LogP contribution in [0.5, 0.6) is 0 Å². The Balaban J connectivity index is 2.03. The molecular formula is C16H19ClN2O3S2. The van der Waals surface area contributed by atoms with Gasteiger partial charge in [0.25, 0.3) is 0 Å². The lowest BCUT2D eigenvalue weighted by Gasteiger charge is -2.23. The maximum atomic E-state index is 12.5. The van der Waals surface area contributed by atoms with Gasteiger partial charge >= 0.3 is 5.97 Å². The van der Waals surface area contributed by atoms with Gasteiger partial charge in [-0.1, -0.05) is 25.4 Å². The van der Waals surface area contributed by atoms with Crippen molar-refractivity contribution in [3.8, 4) is 9.88 Å². The van der Waals surface area contributed by atoms with Crippen molar-refractivity contribution < 1.29 is 14.7 Å². The van der Waals surface area contributed by atoms with E-state index in [-0.39, 0.29) is 31.2 Å². The molecule has 2 aromatic heterocycles. The maximum Gasteiger partial charge on any atom is 0.305 e. The molecule has 2 rings (SSSR count). The molecule has 24 heavy (non-hydrogen) atoms. The number of carbonyl (C=O) groups excluding carboxylic acids is 1. The molecule has 0 bridgehead atoms. The zero-order valence-electron chi connectivity index (χ0n) is 13.5. The first-order valence-electron chi connectivity index (χ1n) is 7.55. The molecule has 0 fully saturated rings. The van der Waals surface area contributed by atoms with Gasteiger partial charge in [-0.15, -0.1) is 22.7 Å². The molecule has 0 aromatic carbocycles. The zero-order chi connectivity index (χ0) is 17.7. The third kappa shape index (κ3) is 5.58. The molecule has 0 saturated carbocycles. The number of carboxylic acid groups (broad SMARTS) is 1. The van der Waals surface area contributed by atoms with Crippen molar-refractivity contribution in [2.75, 3.05) is 13.1 Å². The van der Waals surface area contributed by atoms with Crippen molar-refractivity contribution in [2.45, 2.75) is 26.7 Å². The molecule has 1 amide bonds. The number of aromatic nitrogens is 1. The summed E-state index contributed by atoms with van der Waals surface area (Å²) in [4.78, 5) is 30.4. The van der Waals surface area contributed by atoms with Crippen LogP contribution in [0.2, 0.25) is 4.34 Å². The van der Waals surface area contributed by atoms with Crippen LogP contribution in [-0.4, -0.2) is 40.0 Å². The molecule has 0 unspecified atom stereocenters. The molecule has 0 saturated heterocycles. The summed E-state index contributed by atoms with van der Waals surface area (Å²) in [6.45, 7) is 4.78. The first-order chi connectivity index (χ1) is 11.3. The number of rotatable bonds is 8. The third-order valence-electron chi connectivity index (χ3n) is 3.20. The molecule has 0 radical (unpaired) electrons. The number of thiophene rings is 1. The van der Waals surface area contributed by atoms with Gasteiger partial charge in [0.1, 0.15) is 5.01 Å². The molecule has 0 atom stereocenters. The molecule has 8 heteroatoms. The number of hydrogen-bond acceptors (Lipinski definition) is 5. The minimum absolute atomic E-state index is 0.0472. The number of amides is 1. The van der Waals surface area contributed by atoms with E-state index in [1.165, 1.54) is 22.7 Å². The Morgan fingerprint density at radius 3 is 2.71 bits per heavy atom. The van der Waals surface area contributed by atoms with Crippen molar-refractivity contribution in [3.63, 3.8) is 0 Å². The highest BCUT2D eigenvalue weighted by atomic mass is 35.5. The van der Waals surface area contributed by atoms with Crippen LogP contribution in [0.25, 0.3) is 9.88 Å². The first-order valence-corrected chi connectivity index (χ1v) is 9.62. The summed E-state index contributed by atoms with van der Waals surface area (Å²) in [5, 5.41) is 11.6. The standard InChI is InChI=1S/C16H19ClN2O3S2/c1-10(2)8-19(6-5-15(21)22)14(20)7-11-9-23-16(18-11)12-3-4-13(17)24-12/h3-4,9-10H,5-8H2,1-2H3,(H,21,22). The second-order valence-electron chi connectivity index (χ2n) is 5.80. The van der Waals surface area contributed by atoms with Crippen molar-refractivity contribution in [1.82, 2.24) is 9.88 Å². The van der Waals surface area contributed by atoms with E-state index in [9.17, 15) is 9.59 Å². The van der Waals surface area contributed by atoms with Gasteiger partial charge < -0.3 is 10.0 Å². The summed E-state index contributed by atoms with van der Waals surface area (Å²) in [6, 6.07) is 3.74. The summed E-state index contributed by atoms with van der Waals surface area (Å²) < 4.78 is 0.703. The van der Waals surface area contributed by atoms with Crippen LogP contribution < -0.4 is 0 Å². The van der Waals surface area contributed by atoms with Gasteiger partial charge in [0.05, 0.1) is 27.7 Å². The maximum absolute atomic E-state index is 12.5. The van der Waals surface area contributed by atoms with Gasteiger partial charge in [-0.3, -0.25) is 9.59 Å². The Morgan fingerprint density at radius 2 is 2.12 bits per heavy atom. The van der Waals surface area contributed by atoms with E-state index in [4.69, 9.17) is 16.7 Å². The van der Waals surface area contributed by atoms with Crippen LogP contribution in [0.15, 0.2) is 17.5 Å². The van der Waals surface area contributed by atoms with Crippen molar-refractivity contribution in [2.24, 2.45) is 5.92 Å². The van der Waals surface area contributed by atoms with Crippen LogP contribution >= 0.6 is 34.3 Å². The highest BCUT2D eigenvalue weighted by Crippen LogP contribution is 2.33. The Bertz CT molecular complexity index is 712. The van der Waals surface area contributed by atoms with E-state index in [0.29, 0.717) is 16.6 Å². The van der Waals surface area contributed by atoms with E-state index < -0.39 is 5.97 Å². The average molecular weight is 387 g/mol. The second-order valence-corrected chi connectivity index (χ2v) is 8.38. The molecule has 1 N–H and O–H groups in total. The molecule has 2 heterocycles. The van der Waals surface area contributed by atoms with Gasteiger partial charge in [-0.25, -0.2) is 4.98 Å². The summed E-state index contributed by atoms with van der Waals surface area (Å²) in [7, 11) is 0. The predicted molar refractivity (Wildman–Crippen MR) is 97.8 cm³/mol. The van der Waals surface area contributed by atoms with E-state index in [2.05, 4.69) is 4.98 Å². The van der Waals surface area contributed by atoms with E-state index in [0.717, 1.165) is 9.88 Å². The topological polar surface area (TPSA) is 70.5 Å². The fourth-order valence-electron chi connectivity index (χ4n) is 2.19. The minimum atomic E-state index is -0.901. The SMILES string of the molecule is CC(C)CN(CCC(=O)O)C(=O)Cc1csc(-c2ccc(Cl)s2)n1. The van der Waals surface area contributed by atoms with Crippen LogP contribution in [0.1, 0.15) is 26.0 Å². The summed E-state index contributed by atoms with van der Waals surface area (Å²) in [5.74, 6) is -0.713. The number of nitrogens with zero attached hydrogens (tertiary/aromatic N) is 2. The van der Waals surface area contributed by atoms with Gasteiger partial charge in [0.15, 0.2) is 0 Å². The molecule has 0 aliphatic carbocycles. The minimum Gasteiger partial charge on any atom is -0.481 e. The average Bonchev–Trinajstić information content (AvgIpc) is 3.11. The Kier molecular flexibility index (Phi) is 6.77. The van der Waals surface area contributed by atoms with E-state index >= 15 is 0 Å². The molecule has 5 nitrogen and oxygen atoms in total. The number of halogens is 1. The van der Waals surface area contributed by atoms with Gasteiger partial charge in [-0.05, 0) is 18.1 Å². The molecule has 0 aliphatic rings. The van der Waals surface area contributed by atoms with Crippen molar-refractivity contribution >= 4 is 46.2 Å². The number of carbonyl (C=O) groups is 2. The van der Waals surface area contributed by atoms with Gasteiger partial charge in [-0.2, -0.15) is 0 Å². The Labute approximate surface area is 153 Å². The first kappa shape index (κ1) is 18.9. The highest BCUT2D eigenvalue weighted by molar-refractivity contribution is 7.23. The van der Waals surface area contributed by atoms with Crippen molar-refractivity contribution in [3.05, 3.63) is 27.5 Å². The van der Waals surface area contributed by atoms with Crippen molar-refractivity contribution in [1.29, 1.82) is 0 Å². The summed E-state index contributed by atoms with van der Waals surface area (Å²) in [5.41, 5.74) is 0.702. The molecular weight excluding hydrogens is 368 g/mol. The third-order valence-corrected chi connectivity index (χ3v) is 5.49. The van der Waals surface area contributed by atoms with Gasteiger partial charge in [0, 0.05) is 18.5 Å². The number of aliphatic carboxylic acids is 1. The van der Waals surface area contributed by atoms with Crippen LogP contribution in [-0.2, 0) is 16.0 Å². The molecule has 2 aromatic rings. The molecule has 130 valence electrons.